The molecule has 2 fully saturated rings. The summed E-state index contributed by atoms with van der Waals surface area (Å²) in [6.45, 7) is 0.613. The molecule has 1 saturated carbocycles. The van der Waals surface area contributed by atoms with Crippen LogP contribution in [0.15, 0.2) is 29.2 Å². The van der Waals surface area contributed by atoms with E-state index >= 15 is 0 Å². The zero-order chi connectivity index (χ0) is 14.2. The molecule has 0 amide bonds. The van der Waals surface area contributed by atoms with Gasteiger partial charge in [0.2, 0.25) is 10.0 Å². The van der Waals surface area contributed by atoms with Crippen LogP contribution in [-0.4, -0.2) is 27.2 Å². The topological polar surface area (TPSA) is 79.2 Å². The van der Waals surface area contributed by atoms with Crippen LogP contribution in [0.5, 0.6) is 0 Å². The number of nitrogens with one attached hydrogen (secondary N) is 1. The molecule has 1 aromatic rings. The second-order valence-electron chi connectivity index (χ2n) is 5.33. The minimum absolute atomic E-state index is 0.0168. The fraction of sp³-hybridized carbons (Fsp3) is 0.500. The van der Waals surface area contributed by atoms with Crippen LogP contribution in [0.4, 0.5) is 0 Å². The Kier molecular flexibility index (Phi) is 3.50. The third-order valence-electron chi connectivity index (χ3n) is 3.82. The molecule has 1 aliphatic carbocycles. The minimum Gasteiger partial charge on any atom is -0.376 e. The molecular formula is C14H16N2O3S. The Morgan fingerprint density at radius 3 is 2.50 bits per heavy atom. The van der Waals surface area contributed by atoms with Gasteiger partial charge in [-0.2, -0.15) is 5.26 Å². The van der Waals surface area contributed by atoms with Gasteiger partial charge in [0.25, 0.3) is 0 Å². The monoisotopic (exact) mass is 292 g/mol. The van der Waals surface area contributed by atoms with Crippen molar-refractivity contribution >= 4 is 10.0 Å². The molecule has 0 bridgehead atoms. The molecule has 1 heterocycles. The first kappa shape index (κ1) is 13.6. The summed E-state index contributed by atoms with van der Waals surface area (Å²) in [6, 6.07) is 7.78. The summed E-state index contributed by atoms with van der Waals surface area (Å²) in [6.07, 6.45) is 2.99. The molecule has 5 nitrogen and oxygen atoms in total. The van der Waals surface area contributed by atoms with E-state index in [9.17, 15) is 8.42 Å². The van der Waals surface area contributed by atoms with E-state index in [0.29, 0.717) is 18.1 Å². The van der Waals surface area contributed by atoms with Crippen molar-refractivity contribution in [3.05, 3.63) is 29.8 Å². The van der Waals surface area contributed by atoms with Gasteiger partial charge in [0, 0.05) is 6.61 Å². The van der Waals surface area contributed by atoms with Crippen LogP contribution >= 0.6 is 0 Å². The maximum absolute atomic E-state index is 12.3. The normalized spacial score (nSPS) is 26.4. The lowest BCUT2D eigenvalue weighted by molar-refractivity contribution is 0.0848. The molecule has 1 saturated heterocycles. The van der Waals surface area contributed by atoms with E-state index in [1.54, 1.807) is 0 Å². The number of benzene rings is 1. The van der Waals surface area contributed by atoms with Crippen LogP contribution in [0.1, 0.15) is 24.8 Å². The Morgan fingerprint density at radius 1 is 1.20 bits per heavy atom. The fourth-order valence-corrected chi connectivity index (χ4v) is 3.88. The second kappa shape index (κ2) is 5.17. The van der Waals surface area contributed by atoms with E-state index in [2.05, 4.69) is 4.72 Å². The summed E-state index contributed by atoms with van der Waals surface area (Å²) < 4.78 is 33.0. The Morgan fingerprint density at radius 2 is 1.90 bits per heavy atom. The summed E-state index contributed by atoms with van der Waals surface area (Å²) >= 11 is 0. The highest BCUT2D eigenvalue weighted by Crippen LogP contribution is 2.39. The Hall–Kier alpha value is -1.42. The number of nitriles is 1. The molecule has 6 heteroatoms. The number of ether oxygens (including phenoxy) is 1. The van der Waals surface area contributed by atoms with Crippen LogP contribution < -0.4 is 4.72 Å². The molecule has 0 spiro atoms. The van der Waals surface area contributed by atoms with Crippen LogP contribution in [-0.2, 0) is 14.8 Å². The highest BCUT2D eigenvalue weighted by Gasteiger charge is 2.42. The van der Waals surface area contributed by atoms with Crippen molar-refractivity contribution in [3.8, 4) is 6.07 Å². The van der Waals surface area contributed by atoms with Crippen molar-refractivity contribution in [2.24, 2.45) is 5.92 Å². The molecule has 0 aromatic heterocycles. The third kappa shape index (κ3) is 2.70. The zero-order valence-corrected chi connectivity index (χ0v) is 11.8. The van der Waals surface area contributed by atoms with Crippen LogP contribution in [0.2, 0.25) is 0 Å². The van der Waals surface area contributed by atoms with Gasteiger partial charge in [-0.1, -0.05) is 0 Å². The first-order valence-corrected chi connectivity index (χ1v) is 8.22. The molecule has 2 aliphatic rings. The maximum atomic E-state index is 12.3. The smallest absolute Gasteiger partial charge is 0.240 e. The number of hydrogen-bond acceptors (Lipinski definition) is 4. The van der Waals surface area contributed by atoms with Crippen LogP contribution in [0.25, 0.3) is 0 Å². The molecular weight excluding hydrogens is 276 g/mol. The average Bonchev–Trinajstić information content (AvgIpc) is 3.19. The third-order valence-corrected chi connectivity index (χ3v) is 5.33. The molecule has 20 heavy (non-hydrogen) atoms. The van der Waals surface area contributed by atoms with Gasteiger partial charge in [-0.15, -0.1) is 0 Å². The summed E-state index contributed by atoms with van der Waals surface area (Å²) in [5.74, 6) is 0.506. The predicted molar refractivity (Wildman–Crippen MR) is 72.3 cm³/mol. The van der Waals surface area contributed by atoms with Gasteiger partial charge in [0.15, 0.2) is 0 Å². The van der Waals surface area contributed by atoms with Crippen molar-refractivity contribution < 1.29 is 13.2 Å². The summed E-state index contributed by atoms with van der Waals surface area (Å²) in [4.78, 5) is 0.193. The van der Waals surface area contributed by atoms with E-state index in [4.69, 9.17) is 10.00 Å². The van der Waals surface area contributed by atoms with E-state index in [1.165, 1.54) is 24.3 Å². The molecule has 0 radical (unpaired) electrons. The lowest BCUT2D eigenvalue weighted by Crippen LogP contribution is -2.41. The van der Waals surface area contributed by atoms with Crippen molar-refractivity contribution in [2.45, 2.75) is 36.3 Å². The largest absolute Gasteiger partial charge is 0.376 e. The summed E-state index contributed by atoms with van der Waals surface area (Å²) in [5.41, 5.74) is 0.448. The molecule has 1 N–H and O–H groups in total. The lowest BCUT2D eigenvalue weighted by atomic mass is 10.1. The first-order chi connectivity index (χ1) is 9.60. The summed E-state index contributed by atoms with van der Waals surface area (Å²) in [7, 11) is -3.55. The number of sulfonamides is 1. The highest BCUT2D eigenvalue weighted by atomic mass is 32.2. The van der Waals surface area contributed by atoms with E-state index < -0.39 is 10.0 Å². The SMILES string of the molecule is N#Cc1ccc(S(=O)(=O)NC2CCOC2C2CC2)cc1. The Labute approximate surface area is 118 Å². The van der Waals surface area contributed by atoms with Gasteiger partial charge in [0.1, 0.15) is 0 Å². The molecule has 1 aromatic carbocycles. The maximum Gasteiger partial charge on any atom is 0.240 e. The molecule has 1 aliphatic heterocycles. The zero-order valence-electron chi connectivity index (χ0n) is 11.0. The molecule has 2 atom stereocenters. The van der Waals surface area contributed by atoms with E-state index in [1.807, 2.05) is 6.07 Å². The van der Waals surface area contributed by atoms with Gasteiger partial charge < -0.3 is 4.74 Å². The molecule has 3 rings (SSSR count). The fourth-order valence-electron chi connectivity index (χ4n) is 2.60. The number of hydrogen-bond donors (Lipinski definition) is 1. The number of nitrogens with zero attached hydrogens (tertiary/aromatic N) is 1. The van der Waals surface area contributed by atoms with Crippen molar-refractivity contribution in [3.63, 3.8) is 0 Å². The second-order valence-corrected chi connectivity index (χ2v) is 7.04. The average molecular weight is 292 g/mol. The Balaban J connectivity index is 1.76. The van der Waals surface area contributed by atoms with Gasteiger partial charge in [-0.25, -0.2) is 13.1 Å². The van der Waals surface area contributed by atoms with Gasteiger partial charge in [0.05, 0.1) is 28.7 Å². The van der Waals surface area contributed by atoms with E-state index in [-0.39, 0.29) is 17.0 Å². The van der Waals surface area contributed by atoms with Crippen LogP contribution in [0.3, 0.4) is 0 Å². The molecule has 106 valence electrons. The first-order valence-electron chi connectivity index (χ1n) is 6.74. The van der Waals surface area contributed by atoms with Crippen molar-refractivity contribution in [2.75, 3.05) is 6.61 Å². The molecule has 2 unspecified atom stereocenters. The van der Waals surface area contributed by atoms with Crippen LogP contribution in [0, 0.1) is 17.2 Å². The van der Waals surface area contributed by atoms with Gasteiger partial charge in [-0.3, -0.25) is 0 Å². The highest BCUT2D eigenvalue weighted by molar-refractivity contribution is 7.89. The quantitative estimate of drug-likeness (QED) is 0.910. The van der Waals surface area contributed by atoms with E-state index in [0.717, 1.165) is 19.3 Å². The number of rotatable bonds is 4. The van der Waals surface area contributed by atoms with Crippen molar-refractivity contribution in [1.29, 1.82) is 5.26 Å². The predicted octanol–water partition coefficient (Wildman–Crippen LogP) is 1.40. The lowest BCUT2D eigenvalue weighted by Gasteiger charge is -2.19. The summed E-state index contributed by atoms with van der Waals surface area (Å²) in [5, 5.41) is 8.73. The van der Waals surface area contributed by atoms with Gasteiger partial charge in [-0.05, 0) is 49.4 Å². The van der Waals surface area contributed by atoms with Crippen molar-refractivity contribution in [1.82, 2.24) is 4.72 Å². The van der Waals surface area contributed by atoms with Gasteiger partial charge >= 0.3 is 0 Å². The standard InChI is InChI=1S/C14H16N2O3S/c15-9-10-1-5-12(6-2-10)20(17,18)16-13-7-8-19-14(13)11-3-4-11/h1-2,5-6,11,13-14,16H,3-4,7-8H2. The minimum atomic E-state index is -3.55. The Bertz CT molecular complexity index is 629.